The number of unbranched alkanes of at least 4 members (excludes halogenated alkanes) is 1. The normalized spacial score (nSPS) is 34.2. The smallest absolute Gasteiger partial charge is 0.103 e. The monoisotopic (exact) mass is 496 g/mol. The molecule has 6 unspecified atom stereocenters. The van der Waals surface area contributed by atoms with Crippen LogP contribution in [-0.2, 0) is 0 Å². The predicted molar refractivity (Wildman–Crippen MR) is 158 cm³/mol. The Morgan fingerprint density at radius 2 is 1.19 bits per heavy atom. The lowest BCUT2D eigenvalue weighted by molar-refractivity contribution is 0.184. The van der Waals surface area contributed by atoms with Gasteiger partial charge in [0.15, 0.2) is 0 Å². The second-order valence-electron chi connectivity index (χ2n) is 12.9. The number of hydrogen-bond donors (Lipinski definition) is 0. The Labute approximate surface area is 222 Å². The largest absolute Gasteiger partial charge is 0.124 e. The van der Waals surface area contributed by atoms with E-state index in [9.17, 15) is 0 Å². The summed E-state index contributed by atoms with van der Waals surface area (Å²) in [4.78, 5) is 0. The Morgan fingerprint density at radius 3 is 1.72 bits per heavy atom. The van der Waals surface area contributed by atoms with Gasteiger partial charge in [0, 0.05) is 0 Å². The summed E-state index contributed by atoms with van der Waals surface area (Å²) < 4.78 is 0. The summed E-state index contributed by atoms with van der Waals surface area (Å²) in [5.74, 6) is 4.95. The van der Waals surface area contributed by atoms with Crippen LogP contribution in [0.15, 0.2) is 73.3 Å². The summed E-state index contributed by atoms with van der Waals surface area (Å²) in [5.41, 5.74) is 1.86. The molecule has 36 heavy (non-hydrogen) atoms. The standard InChI is InChI=1S/C35H48Si/c1-2-3-6-15-27-24-25-30(26-27)36(28-16-7-4-8-17-28,29-18-9-5-10-19-29)35-33-22-13-11-20-31(33)32-21-12-14-23-34(32)35/h2,4-5,7-10,16-19,27,30-35H,1,3,6,11-15,20-26H2. The minimum Gasteiger partial charge on any atom is -0.103 e. The van der Waals surface area contributed by atoms with E-state index in [1.54, 1.807) is 10.4 Å². The molecule has 0 heterocycles. The van der Waals surface area contributed by atoms with Crippen LogP contribution in [0.2, 0.25) is 11.1 Å². The maximum Gasteiger partial charge on any atom is 0.124 e. The van der Waals surface area contributed by atoms with Crippen molar-refractivity contribution in [2.75, 3.05) is 0 Å². The molecular weight excluding hydrogens is 448 g/mol. The molecule has 6 rings (SSSR count). The Hall–Kier alpha value is -1.60. The summed E-state index contributed by atoms with van der Waals surface area (Å²) in [5, 5.41) is 3.57. The molecule has 2 aromatic carbocycles. The van der Waals surface area contributed by atoms with Gasteiger partial charge in [0.1, 0.15) is 8.07 Å². The molecular formula is C35H48Si. The fourth-order valence-corrected chi connectivity index (χ4v) is 17.9. The van der Waals surface area contributed by atoms with E-state index in [4.69, 9.17) is 0 Å². The molecule has 4 aliphatic rings. The summed E-state index contributed by atoms with van der Waals surface area (Å²) in [7, 11) is -2.01. The van der Waals surface area contributed by atoms with Gasteiger partial charge in [0.2, 0.25) is 0 Å². The maximum absolute atomic E-state index is 3.99. The second-order valence-corrected chi connectivity index (χ2v) is 17.3. The molecule has 0 bridgehead atoms. The SMILES string of the molecule is C=CCCCC1CCC([Si](c2ccccc2)(c2ccccc2)C2C3CCCCC3C3CCCCC32)C1. The minimum absolute atomic E-state index is 0.907. The van der Waals surface area contributed by atoms with E-state index in [1.165, 1.54) is 89.9 Å². The first-order valence-corrected chi connectivity index (χ1v) is 17.7. The molecule has 4 aliphatic carbocycles. The van der Waals surface area contributed by atoms with Gasteiger partial charge < -0.3 is 0 Å². The lowest BCUT2D eigenvalue weighted by atomic mass is 9.73. The van der Waals surface area contributed by atoms with Crippen LogP contribution in [0.25, 0.3) is 0 Å². The van der Waals surface area contributed by atoms with Crippen molar-refractivity contribution in [2.24, 2.45) is 29.6 Å². The number of fused-ring (bicyclic) bond motifs is 3. The highest BCUT2D eigenvalue weighted by Crippen LogP contribution is 2.65. The molecule has 4 fully saturated rings. The van der Waals surface area contributed by atoms with Crippen LogP contribution >= 0.6 is 0 Å². The van der Waals surface area contributed by atoms with Crippen LogP contribution in [-0.4, -0.2) is 8.07 Å². The van der Waals surface area contributed by atoms with Crippen LogP contribution in [0.4, 0.5) is 0 Å². The van der Waals surface area contributed by atoms with E-state index in [-0.39, 0.29) is 0 Å². The molecule has 1 heteroatoms. The quantitative estimate of drug-likeness (QED) is 0.195. The Kier molecular flexibility index (Phi) is 7.57. The Balaban J connectivity index is 1.50. The third kappa shape index (κ3) is 4.28. The molecule has 0 amide bonds. The molecule has 0 radical (unpaired) electrons. The average Bonchev–Trinajstić information content (AvgIpc) is 3.55. The van der Waals surface area contributed by atoms with Gasteiger partial charge in [-0.1, -0.05) is 135 Å². The highest BCUT2D eigenvalue weighted by molar-refractivity contribution is 7.04. The zero-order valence-electron chi connectivity index (χ0n) is 22.5. The molecule has 2 aromatic rings. The number of benzene rings is 2. The first-order chi connectivity index (χ1) is 17.8. The Morgan fingerprint density at radius 1 is 0.667 bits per heavy atom. The highest BCUT2D eigenvalue weighted by atomic mass is 28.3. The first-order valence-electron chi connectivity index (χ1n) is 15.6. The molecule has 6 atom stereocenters. The van der Waals surface area contributed by atoms with Crippen molar-refractivity contribution < 1.29 is 0 Å². The number of rotatable bonds is 8. The lowest BCUT2D eigenvalue weighted by Gasteiger charge is -2.49. The zero-order chi connectivity index (χ0) is 24.4. The topological polar surface area (TPSA) is 0 Å². The van der Waals surface area contributed by atoms with Crippen LogP contribution in [0.3, 0.4) is 0 Å². The fourth-order valence-electron chi connectivity index (χ4n) is 10.3. The third-order valence-electron chi connectivity index (χ3n) is 11.5. The van der Waals surface area contributed by atoms with Crippen molar-refractivity contribution in [3.05, 3.63) is 73.3 Å². The van der Waals surface area contributed by atoms with Gasteiger partial charge >= 0.3 is 0 Å². The van der Waals surface area contributed by atoms with E-state index in [0.717, 1.165) is 40.7 Å². The number of allylic oxidation sites excluding steroid dienone is 1. The van der Waals surface area contributed by atoms with E-state index >= 15 is 0 Å². The molecule has 192 valence electrons. The van der Waals surface area contributed by atoms with Gasteiger partial charge in [-0.05, 0) is 72.8 Å². The van der Waals surface area contributed by atoms with Gasteiger partial charge in [0.25, 0.3) is 0 Å². The van der Waals surface area contributed by atoms with Crippen molar-refractivity contribution in [3.63, 3.8) is 0 Å². The van der Waals surface area contributed by atoms with Gasteiger partial charge in [-0.15, -0.1) is 6.58 Å². The molecule has 0 aliphatic heterocycles. The van der Waals surface area contributed by atoms with E-state index < -0.39 is 8.07 Å². The molecule has 0 saturated heterocycles. The van der Waals surface area contributed by atoms with Gasteiger partial charge in [-0.25, -0.2) is 0 Å². The van der Waals surface area contributed by atoms with Crippen molar-refractivity contribution in [1.29, 1.82) is 0 Å². The van der Waals surface area contributed by atoms with Gasteiger partial charge in [0.05, 0.1) is 0 Å². The minimum atomic E-state index is -2.01. The van der Waals surface area contributed by atoms with Crippen molar-refractivity contribution >= 4 is 18.4 Å². The van der Waals surface area contributed by atoms with Crippen LogP contribution in [0, 0.1) is 29.6 Å². The molecule has 4 saturated carbocycles. The van der Waals surface area contributed by atoms with Crippen LogP contribution < -0.4 is 10.4 Å². The summed E-state index contributed by atoms with van der Waals surface area (Å²) in [6, 6.07) is 24.4. The molecule has 0 spiro atoms. The molecule has 0 N–H and O–H groups in total. The summed E-state index contributed by atoms with van der Waals surface area (Å²) in [6.45, 7) is 3.99. The first kappa shape index (κ1) is 24.7. The second kappa shape index (κ2) is 11.0. The molecule has 0 aromatic heterocycles. The van der Waals surface area contributed by atoms with Gasteiger partial charge in [-0.3, -0.25) is 0 Å². The summed E-state index contributed by atoms with van der Waals surface area (Å²) >= 11 is 0. The third-order valence-corrected chi connectivity index (χ3v) is 17.8. The van der Waals surface area contributed by atoms with Gasteiger partial charge in [-0.2, -0.15) is 0 Å². The fraction of sp³-hybridized carbons (Fsp3) is 0.600. The highest BCUT2D eigenvalue weighted by Gasteiger charge is 2.62. The van der Waals surface area contributed by atoms with E-state index in [2.05, 4.69) is 73.3 Å². The van der Waals surface area contributed by atoms with E-state index in [0.29, 0.717) is 0 Å². The number of hydrogen-bond acceptors (Lipinski definition) is 0. The van der Waals surface area contributed by atoms with E-state index in [1.807, 2.05) is 0 Å². The zero-order valence-corrected chi connectivity index (χ0v) is 23.5. The lowest BCUT2D eigenvalue weighted by Crippen LogP contribution is -2.66. The summed E-state index contributed by atoms with van der Waals surface area (Å²) in [6.07, 6.45) is 22.6. The van der Waals surface area contributed by atoms with Crippen molar-refractivity contribution in [2.45, 2.75) is 101 Å². The van der Waals surface area contributed by atoms with Crippen molar-refractivity contribution in [1.82, 2.24) is 0 Å². The molecule has 0 nitrogen and oxygen atoms in total. The van der Waals surface area contributed by atoms with Crippen LogP contribution in [0.1, 0.15) is 89.9 Å². The van der Waals surface area contributed by atoms with Crippen molar-refractivity contribution in [3.8, 4) is 0 Å². The van der Waals surface area contributed by atoms with Crippen LogP contribution in [0.5, 0.6) is 0 Å². The predicted octanol–water partition coefficient (Wildman–Crippen LogP) is 8.77. The Bertz CT molecular complexity index is 919. The average molecular weight is 497 g/mol. The maximum atomic E-state index is 3.99.